The summed E-state index contributed by atoms with van der Waals surface area (Å²) in [5.74, 6) is 0.433. The van der Waals surface area contributed by atoms with E-state index < -0.39 is 5.91 Å². The van der Waals surface area contributed by atoms with Crippen LogP contribution in [0.4, 0.5) is 0 Å². The Morgan fingerprint density at radius 3 is 2.60 bits per heavy atom. The molecule has 0 atom stereocenters. The summed E-state index contributed by atoms with van der Waals surface area (Å²) in [5.41, 5.74) is 6.41. The van der Waals surface area contributed by atoms with Crippen molar-refractivity contribution in [3.63, 3.8) is 0 Å². The molecule has 0 saturated carbocycles. The summed E-state index contributed by atoms with van der Waals surface area (Å²) in [7, 11) is 0. The molecule has 0 bridgehead atoms. The SMILES string of the molecule is CC(C)CC(=O)N1CCC(c2cc(C(N)=O)n[nH]2)CC1. The fraction of sp³-hybridized carbons (Fsp3) is 0.643. The Labute approximate surface area is 118 Å². The lowest BCUT2D eigenvalue weighted by molar-refractivity contribution is -0.133. The van der Waals surface area contributed by atoms with Gasteiger partial charge in [0, 0.05) is 31.1 Å². The Kier molecular flexibility index (Phi) is 4.42. The third-order valence-corrected chi connectivity index (χ3v) is 3.72. The van der Waals surface area contributed by atoms with E-state index in [1.54, 1.807) is 6.07 Å². The zero-order chi connectivity index (χ0) is 14.7. The van der Waals surface area contributed by atoms with Gasteiger partial charge in [-0.05, 0) is 24.8 Å². The monoisotopic (exact) mass is 278 g/mol. The van der Waals surface area contributed by atoms with Crippen molar-refractivity contribution in [1.29, 1.82) is 0 Å². The van der Waals surface area contributed by atoms with Gasteiger partial charge >= 0.3 is 0 Å². The van der Waals surface area contributed by atoms with Crippen LogP contribution in [0.3, 0.4) is 0 Å². The minimum atomic E-state index is -0.517. The molecule has 2 rings (SSSR count). The van der Waals surface area contributed by atoms with Gasteiger partial charge in [0.25, 0.3) is 5.91 Å². The van der Waals surface area contributed by atoms with Crippen LogP contribution in [0.1, 0.15) is 55.2 Å². The molecule has 3 N–H and O–H groups in total. The molecule has 2 heterocycles. The van der Waals surface area contributed by atoms with E-state index in [-0.39, 0.29) is 11.6 Å². The number of hydrogen-bond donors (Lipinski definition) is 2. The first-order chi connectivity index (χ1) is 9.47. The van der Waals surface area contributed by atoms with E-state index in [9.17, 15) is 9.59 Å². The number of nitrogens with two attached hydrogens (primary N) is 1. The first kappa shape index (κ1) is 14.6. The summed E-state index contributed by atoms with van der Waals surface area (Å²) < 4.78 is 0. The number of piperidine rings is 1. The van der Waals surface area contributed by atoms with E-state index in [2.05, 4.69) is 24.0 Å². The van der Waals surface area contributed by atoms with Crippen molar-refractivity contribution >= 4 is 11.8 Å². The van der Waals surface area contributed by atoms with E-state index in [1.165, 1.54) is 0 Å². The summed E-state index contributed by atoms with van der Waals surface area (Å²) in [5, 5.41) is 6.78. The maximum Gasteiger partial charge on any atom is 0.269 e. The van der Waals surface area contributed by atoms with E-state index in [0.29, 0.717) is 18.3 Å². The molecule has 0 aliphatic carbocycles. The fourth-order valence-electron chi connectivity index (χ4n) is 2.59. The van der Waals surface area contributed by atoms with Crippen molar-refractivity contribution in [2.24, 2.45) is 11.7 Å². The quantitative estimate of drug-likeness (QED) is 0.868. The highest BCUT2D eigenvalue weighted by atomic mass is 16.2. The molecule has 110 valence electrons. The van der Waals surface area contributed by atoms with E-state index >= 15 is 0 Å². The Morgan fingerprint density at radius 1 is 1.45 bits per heavy atom. The zero-order valence-corrected chi connectivity index (χ0v) is 12.1. The maximum absolute atomic E-state index is 12.0. The second kappa shape index (κ2) is 6.07. The smallest absolute Gasteiger partial charge is 0.269 e. The molecule has 1 aromatic heterocycles. The molecule has 0 radical (unpaired) electrons. The van der Waals surface area contributed by atoms with Gasteiger partial charge < -0.3 is 10.6 Å². The molecule has 0 aromatic carbocycles. The number of likely N-dealkylation sites (tertiary alicyclic amines) is 1. The van der Waals surface area contributed by atoms with Crippen LogP contribution in [0, 0.1) is 5.92 Å². The van der Waals surface area contributed by atoms with Crippen molar-refractivity contribution in [3.8, 4) is 0 Å². The van der Waals surface area contributed by atoms with E-state index in [1.807, 2.05) is 4.90 Å². The van der Waals surface area contributed by atoms with Gasteiger partial charge in [0.15, 0.2) is 0 Å². The second-order valence-corrected chi connectivity index (χ2v) is 5.83. The van der Waals surface area contributed by atoms with Crippen molar-refractivity contribution in [2.45, 2.75) is 39.0 Å². The minimum absolute atomic E-state index is 0.237. The molecule has 0 spiro atoms. The minimum Gasteiger partial charge on any atom is -0.364 e. The lowest BCUT2D eigenvalue weighted by Gasteiger charge is -2.32. The summed E-state index contributed by atoms with van der Waals surface area (Å²) in [4.78, 5) is 25.0. The first-order valence-corrected chi connectivity index (χ1v) is 7.10. The number of carbonyl (C=O) groups is 2. The third kappa shape index (κ3) is 3.37. The highest BCUT2D eigenvalue weighted by Crippen LogP contribution is 2.27. The summed E-state index contributed by atoms with van der Waals surface area (Å²) in [6.07, 6.45) is 2.40. The summed E-state index contributed by atoms with van der Waals surface area (Å²) in [6.45, 7) is 5.64. The normalized spacial score (nSPS) is 16.6. The van der Waals surface area contributed by atoms with Crippen molar-refractivity contribution in [3.05, 3.63) is 17.5 Å². The standard InChI is InChI=1S/C14H22N4O2/c1-9(2)7-13(19)18-5-3-10(4-6-18)11-8-12(14(15)20)17-16-11/h8-10H,3-7H2,1-2H3,(H2,15,20)(H,16,17). The van der Waals surface area contributed by atoms with Crippen molar-refractivity contribution in [2.75, 3.05) is 13.1 Å². The molecule has 1 aliphatic rings. The molecule has 6 nitrogen and oxygen atoms in total. The van der Waals surface area contributed by atoms with E-state index in [4.69, 9.17) is 5.73 Å². The predicted molar refractivity (Wildman–Crippen MR) is 75.1 cm³/mol. The number of H-pyrrole nitrogens is 1. The van der Waals surface area contributed by atoms with Crippen LogP contribution in [0.15, 0.2) is 6.07 Å². The van der Waals surface area contributed by atoms with Crippen LogP contribution >= 0.6 is 0 Å². The van der Waals surface area contributed by atoms with Crippen LogP contribution in [0.25, 0.3) is 0 Å². The molecule has 0 unspecified atom stereocenters. The van der Waals surface area contributed by atoms with Gasteiger partial charge in [-0.2, -0.15) is 5.10 Å². The number of aromatic nitrogens is 2. The van der Waals surface area contributed by atoms with Gasteiger partial charge in [0.1, 0.15) is 5.69 Å². The fourth-order valence-corrected chi connectivity index (χ4v) is 2.59. The maximum atomic E-state index is 12.0. The average Bonchev–Trinajstić information content (AvgIpc) is 2.88. The number of carbonyl (C=O) groups excluding carboxylic acids is 2. The Bertz CT molecular complexity index is 487. The van der Waals surface area contributed by atoms with Crippen LogP contribution in [0.5, 0.6) is 0 Å². The Balaban J connectivity index is 1.90. The molecule has 20 heavy (non-hydrogen) atoms. The van der Waals surface area contributed by atoms with Crippen molar-refractivity contribution in [1.82, 2.24) is 15.1 Å². The lowest BCUT2D eigenvalue weighted by Crippen LogP contribution is -2.38. The first-order valence-electron chi connectivity index (χ1n) is 7.10. The van der Waals surface area contributed by atoms with Gasteiger partial charge in [-0.15, -0.1) is 0 Å². The predicted octanol–water partition coefficient (Wildman–Crippen LogP) is 1.26. The van der Waals surface area contributed by atoms with Crippen LogP contribution < -0.4 is 5.73 Å². The molecule has 1 aliphatic heterocycles. The molecular weight excluding hydrogens is 256 g/mol. The highest BCUT2D eigenvalue weighted by molar-refractivity contribution is 5.90. The molecule has 1 fully saturated rings. The van der Waals surface area contributed by atoms with Gasteiger partial charge in [-0.25, -0.2) is 0 Å². The van der Waals surface area contributed by atoms with Crippen LogP contribution in [-0.2, 0) is 4.79 Å². The number of aromatic amines is 1. The molecule has 1 saturated heterocycles. The third-order valence-electron chi connectivity index (χ3n) is 3.72. The number of rotatable bonds is 4. The lowest BCUT2D eigenvalue weighted by atomic mass is 9.93. The average molecular weight is 278 g/mol. The number of hydrogen-bond acceptors (Lipinski definition) is 3. The molecule has 2 amide bonds. The van der Waals surface area contributed by atoms with Crippen molar-refractivity contribution < 1.29 is 9.59 Å². The Morgan fingerprint density at radius 2 is 2.10 bits per heavy atom. The molecule has 1 aromatic rings. The molecular formula is C14H22N4O2. The topological polar surface area (TPSA) is 92.1 Å². The number of primary amides is 1. The Hall–Kier alpha value is -1.85. The van der Waals surface area contributed by atoms with Crippen LogP contribution in [0.2, 0.25) is 0 Å². The molecule has 6 heteroatoms. The van der Waals surface area contributed by atoms with Crippen LogP contribution in [-0.4, -0.2) is 40.0 Å². The number of nitrogens with zero attached hydrogens (tertiary/aromatic N) is 2. The van der Waals surface area contributed by atoms with E-state index in [0.717, 1.165) is 31.6 Å². The number of nitrogens with one attached hydrogen (secondary N) is 1. The number of amides is 2. The van der Waals surface area contributed by atoms with Gasteiger partial charge in [-0.1, -0.05) is 13.8 Å². The van der Waals surface area contributed by atoms with Gasteiger partial charge in [0.2, 0.25) is 5.91 Å². The summed E-state index contributed by atoms with van der Waals surface area (Å²) >= 11 is 0. The van der Waals surface area contributed by atoms with Gasteiger partial charge in [-0.3, -0.25) is 14.7 Å². The second-order valence-electron chi connectivity index (χ2n) is 5.83. The van der Waals surface area contributed by atoms with Gasteiger partial charge in [0.05, 0.1) is 0 Å². The highest BCUT2D eigenvalue weighted by Gasteiger charge is 2.25. The largest absolute Gasteiger partial charge is 0.364 e. The zero-order valence-electron chi connectivity index (χ0n) is 12.1. The summed E-state index contributed by atoms with van der Waals surface area (Å²) in [6, 6.07) is 1.72.